The predicted octanol–water partition coefficient (Wildman–Crippen LogP) is 4.92. The summed E-state index contributed by atoms with van der Waals surface area (Å²) in [5.74, 6) is -6.80. The number of phenols is 2. The lowest BCUT2D eigenvalue weighted by Crippen LogP contribution is -2.55. The number of ketones is 2. The van der Waals surface area contributed by atoms with E-state index in [1.165, 1.54) is 13.2 Å². The molecule has 2 fully saturated rings. The van der Waals surface area contributed by atoms with Crippen LogP contribution in [0, 0.1) is 29.1 Å². The third-order valence-electron chi connectivity index (χ3n) is 10.2. The molecule has 6 atom stereocenters. The number of phenolic OH excluding ortho intramolecular Hbond substituents is 1. The number of carboxylic acid groups (broad SMARTS) is 1. The minimum Gasteiger partial charge on any atom is -0.507 e. The smallest absolute Gasteiger partial charge is 0.339 e. The van der Waals surface area contributed by atoms with Crippen LogP contribution in [0.1, 0.15) is 55.5 Å². The van der Waals surface area contributed by atoms with Gasteiger partial charge in [-0.2, -0.15) is 0 Å². The molecule has 6 rings (SSSR count). The summed E-state index contributed by atoms with van der Waals surface area (Å²) in [6.07, 6.45) is 2.30. The maximum absolute atomic E-state index is 14.2. The van der Waals surface area contributed by atoms with Crippen molar-refractivity contribution in [2.75, 3.05) is 12.0 Å². The lowest BCUT2D eigenvalue weighted by Gasteiger charge is -2.54. The van der Waals surface area contributed by atoms with E-state index in [4.69, 9.17) is 4.74 Å². The number of aromatic carboxylic acids is 1. The van der Waals surface area contributed by atoms with Crippen LogP contribution in [-0.2, 0) is 19.2 Å². The summed E-state index contributed by atoms with van der Waals surface area (Å²) in [4.78, 5) is 68.4. The molecule has 44 heavy (non-hydrogen) atoms. The molecule has 0 bridgehead atoms. The molecular formula is C33H30BrNO9. The van der Waals surface area contributed by atoms with Gasteiger partial charge in [0.05, 0.1) is 34.5 Å². The zero-order valence-corrected chi connectivity index (χ0v) is 26.0. The SMILES string of the molecule is COc1cc([C@H]2C3=CC[C@@H]4C(=O)N(c5ccc(C(=O)O)c(O)c5)C(=O)[C@@H]4[C@@H]3C[C@H]3C(=O)C(C)=C(C)C(=O)[C@@]23C)cc(Br)c1O. The van der Waals surface area contributed by atoms with Crippen LogP contribution in [-0.4, -0.2) is 51.8 Å². The van der Waals surface area contributed by atoms with E-state index in [0.717, 1.165) is 22.6 Å². The number of carboxylic acids is 1. The molecular weight excluding hydrogens is 634 g/mol. The summed E-state index contributed by atoms with van der Waals surface area (Å²) in [7, 11) is 1.41. The fourth-order valence-corrected chi connectivity index (χ4v) is 8.43. The van der Waals surface area contributed by atoms with Gasteiger partial charge in [-0.1, -0.05) is 18.6 Å². The van der Waals surface area contributed by atoms with E-state index in [-0.39, 0.29) is 47.2 Å². The summed E-state index contributed by atoms with van der Waals surface area (Å²) in [5, 5.41) is 30.2. The highest BCUT2D eigenvalue weighted by Crippen LogP contribution is 2.63. The van der Waals surface area contributed by atoms with Gasteiger partial charge in [0.2, 0.25) is 11.8 Å². The van der Waals surface area contributed by atoms with Crippen LogP contribution in [0.15, 0.2) is 57.6 Å². The summed E-state index contributed by atoms with van der Waals surface area (Å²) >= 11 is 3.39. The molecule has 0 radical (unpaired) electrons. The quantitative estimate of drug-likeness (QED) is 0.305. The Bertz CT molecular complexity index is 1770. The zero-order valence-electron chi connectivity index (χ0n) is 24.4. The highest BCUT2D eigenvalue weighted by atomic mass is 79.9. The standard InChI is InChI=1S/C33H30BrNO9/c1-13-14(2)29(39)33(3)21(27(13)37)12-20-17(26(33)15-9-22(34)28(38)24(10-15)44-4)7-8-19-25(20)31(41)35(30(19)40)16-5-6-18(32(42)43)23(36)11-16/h5-7,9-11,19-21,25-26,36,38H,8,12H2,1-4H3,(H,42,43)/t19-,20+,21-,25-,26-,33+/m0/s1. The second kappa shape index (κ2) is 10.2. The van der Waals surface area contributed by atoms with Crippen LogP contribution in [0.5, 0.6) is 17.2 Å². The Morgan fingerprint density at radius 2 is 1.73 bits per heavy atom. The minimum atomic E-state index is -1.35. The van der Waals surface area contributed by atoms with Gasteiger partial charge in [0.15, 0.2) is 23.1 Å². The van der Waals surface area contributed by atoms with Gasteiger partial charge in [-0.05, 0) is 89.5 Å². The molecule has 3 N–H and O–H groups in total. The van der Waals surface area contributed by atoms with Crippen molar-refractivity contribution in [2.24, 2.45) is 29.1 Å². The number of carbonyl (C=O) groups is 5. The first-order valence-electron chi connectivity index (χ1n) is 14.2. The number of ether oxygens (including phenoxy) is 1. The Kier molecular flexibility index (Phi) is 6.88. The number of nitrogens with zero attached hydrogens (tertiary/aromatic N) is 1. The Morgan fingerprint density at radius 1 is 1.02 bits per heavy atom. The molecule has 2 aromatic rings. The number of anilines is 1. The van der Waals surface area contributed by atoms with Gasteiger partial charge < -0.3 is 20.1 Å². The van der Waals surface area contributed by atoms with Crippen molar-refractivity contribution in [2.45, 2.75) is 39.5 Å². The first-order valence-corrected chi connectivity index (χ1v) is 15.0. The summed E-state index contributed by atoms with van der Waals surface area (Å²) < 4.78 is 5.76. The van der Waals surface area contributed by atoms with E-state index < -0.39 is 58.5 Å². The summed E-state index contributed by atoms with van der Waals surface area (Å²) in [6, 6.07) is 6.87. The van der Waals surface area contributed by atoms with Gasteiger partial charge in [-0.3, -0.25) is 19.2 Å². The third kappa shape index (κ3) is 3.94. The van der Waals surface area contributed by atoms with Crippen LogP contribution in [0.25, 0.3) is 0 Å². The molecule has 1 saturated carbocycles. The van der Waals surface area contributed by atoms with Gasteiger partial charge in [-0.15, -0.1) is 0 Å². The molecule has 3 aliphatic carbocycles. The molecule has 2 amide bonds. The van der Waals surface area contributed by atoms with E-state index in [1.807, 2.05) is 6.08 Å². The molecule has 2 aromatic carbocycles. The van der Waals surface area contributed by atoms with Crippen molar-refractivity contribution >= 4 is 51.0 Å². The number of methoxy groups -OCH3 is 1. The predicted molar refractivity (Wildman–Crippen MR) is 160 cm³/mol. The first-order chi connectivity index (χ1) is 20.7. The fourth-order valence-electron chi connectivity index (χ4n) is 7.97. The molecule has 228 valence electrons. The number of Topliss-reactive ketones (excluding diaryl/α,β-unsaturated/α-hetero) is 2. The Balaban J connectivity index is 1.51. The monoisotopic (exact) mass is 663 g/mol. The second-order valence-corrected chi connectivity index (χ2v) is 13.1. The van der Waals surface area contributed by atoms with E-state index in [9.17, 15) is 39.3 Å². The molecule has 10 nitrogen and oxygen atoms in total. The Labute approximate surface area is 261 Å². The molecule has 1 saturated heterocycles. The lowest BCUT2D eigenvalue weighted by molar-refractivity contribution is -0.142. The van der Waals surface area contributed by atoms with Gasteiger partial charge in [0.1, 0.15) is 11.3 Å². The summed E-state index contributed by atoms with van der Waals surface area (Å²) in [5.41, 5.74) is 0.639. The number of allylic oxidation sites excluding steroid dienone is 4. The first kappa shape index (κ1) is 29.8. The number of aromatic hydroxyl groups is 2. The molecule has 11 heteroatoms. The van der Waals surface area contributed by atoms with Gasteiger partial charge >= 0.3 is 5.97 Å². The molecule has 1 heterocycles. The van der Waals surface area contributed by atoms with Crippen molar-refractivity contribution in [3.8, 4) is 17.2 Å². The number of benzene rings is 2. The zero-order chi connectivity index (χ0) is 32.0. The van der Waals surface area contributed by atoms with E-state index in [1.54, 1.807) is 32.9 Å². The summed E-state index contributed by atoms with van der Waals surface area (Å²) in [6.45, 7) is 5.08. The van der Waals surface area contributed by atoms with Gasteiger partial charge in [0.25, 0.3) is 0 Å². The molecule has 1 aliphatic heterocycles. The largest absolute Gasteiger partial charge is 0.507 e. The van der Waals surface area contributed by atoms with Crippen molar-refractivity contribution in [1.82, 2.24) is 0 Å². The van der Waals surface area contributed by atoms with Crippen LogP contribution in [0.2, 0.25) is 0 Å². The van der Waals surface area contributed by atoms with Gasteiger partial charge in [0, 0.05) is 17.9 Å². The normalized spacial score (nSPS) is 29.7. The highest BCUT2D eigenvalue weighted by Gasteiger charge is 2.64. The maximum Gasteiger partial charge on any atom is 0.339 e. The van der Waals surface area contributed by atoms with E-state index in [2.05, 4.69) is 15.9 Å². The third-order valence-corrected chi connectivity index (χ3v) is 10.8. The van der Waals surface area contributed by atoms with Crippen LogP contribution in [0.4, 0.5) is 5.69 Å². The highest BCUT2D eigenvalue weighted by molar-refractivity contribution is 9.10. The van der Waals surface area contributed by atoms with Crippen molar-refractivity contribution in [1.29, 1.82) is 0 Å². The number of imide groups is 1. The average molecular weight is 665 g/mol. The number of fused-ring (bicyclic) bond motifs is 4. The van der Waals surface area contributed by atoms with E-state index in [0.29, 0.717) is 21.2 Å². The Morgan fingerprint density at radius 3 is 2.36 bits per heavy atom. The molecule has 0 unspecified atom stereocenters. The van der Waals surface area contributed by atoms with Crippen LogP contribution >= 0.6 is 15.9 Å². The molecule has 0 spiro atoms. The number of carbonyl (C=O) groups excluding carboxylic acids is 4. The number of amides is 2. The topological polar surface area (TPSA) is 159 Å². The van der Waals surface area contributed by atoms with Crippen molar-refractivity contribution in [3.63, 3.8) is 0 Å². The Hall–Kier alpha value is -4.25. The van der Waals surface area contributed by atoms with Gasteiger partial charge in [-0.25, -0.2) is 9.69 Å². The molecule has 4 aliphatic rings. The number of rotatable bonds is 4. The fraction of sp³-hybridized carbons (Fsp3) is 0.364. The van der Waals surface area contributed by atoms with Crippen LogP contribution < -0.4 is 9.64 Å². The molecule has 0 aromatic heterocycles. The number of hydrogen-bond donors (Lipinski definition) is 3. The van der Waals surface area contributed by atoms with Crippen LogP contribution in [0.3, 0.4) is 0 Å². The number of halogens is 1. The number of hydrogen-bond acceptors (Lipinski definition) is 8. The van der Waals surface area contributed by atoms with Crippen molar-refractivity contribution in [3.05, 3.63) is 68.7 Å². The minimum absolute atomic E-state index is 0.0566. The van der Waals surface area contributed by atoms with Crippen molar-refractivity contribution < 1.29 is 44.0 Å². The second-order valence-electron chi connectivity index (χ2n) is 12.2. The maximum atomic E-state index is 14.2. The lowest BCUT2D eigenvalue weighted by atomic mass is 9.46. The average Bonchev–Trinajstić information content (AvgIpc) is 3.24. The van der Waals surface area contributed by atoms with E-state index >= 15 is 0 Å².